The molecule has 0 saturated carbocycles. The molecule has 1 aromatic heterocycles. The summed E-state index contributed by atoms with van der Waals surface area (Å²) in [4.78, 5) is 0. The molecule has 0 spiro atoms. The van der Waals surface area contributed by atoms with Gasteiger partial charge >= 0.3 is 0 Å². The van der Waals surface area contributed by atoms with Gasteiger partial charge in [0.2, 0.25) is 0 Å². The van der Waals surface area contributed by atoms with E-state index in [0.29, 0.717) is 0 Å². The van der Waals surface area contributed by atoms with Crippen molar-refractivity contribution in [3.63, 3.8) is 0 Å². The van der Waals surface area contributed by atoms with E-state index in [-0.39, 0.29) is 0 Å². The van der Waals surface area contributed by atoms with Crippen molar-refractivity contribution in [2.45, 2.75) is 12.8 Å². The Hall–Kier alpha value is -4.62. The number of hydrogen-bond donors (Lipinski definition) is 0. The molecule has 1 aliphatic carbocycles. The van der Waals surface area contributed by atoms with E-state index < -0.39 is 0 Å². The Kier molecular flexibility index (Phi) is 4.41. The van der Waals surface area contributed by atoms with Gasteiger partial charge in [0.25, 0.3) is 0 Å². The third-order valence-corrected chi connectivity index (χ3v) is 7.87. The zero-order valence-electron chi connectivity index (χ0n) is 20.4. The molecule has 1 heteroatoms. The van der Waals surface area contributed by atoms with E-state index in [1.165, 1.54) is 60.0 Å². The number of fused-ring (bicyclic) bond motifs is 7. The SMILES string of the molecule is C1=CC(c2c3ccccc3c(-c3cccc4oc5c6ccccc6ccc5c34)c3ccccc23)=CCC1. The first kappa shape index (κ1) is 20.6. The van der Waals surface area contributed by atoms with Crippen LogP contribution in [0.2, 0.25) is 0 Å². The van der Waals surface area contributed by atoms with Gasteiger partial charge in [-0.1, -0.05) is 109 Å². The van der Waals surface area contributed by atoms with Crippen molar-refractivity contribution in [1.82, 2.24) is 0 Å². The van der Waals surface area contributed by atoms with Gasteiger partial charge in [0, 0.05) is 16.2 Å². The lowest BCUT2D eigenvalue weighted by molar-refractivity contribution is 0.673. The number of furan rings is 1. The fourth-order valence-corrected chi connectivity index (χ4v) is 6.29. The third-order valence-electron chi connectivity index (χ3n) is 7.87. The highest BCUT2D eigenvalue weighted by Gasteiger charge is 2.21. The first-order chi connectivity index (χ1) is 18.4. The van der Waals surface area contributed by atoms with Gasteiger partial charge < -0.3 is 4.42 Å². The first-order valence-electron chi connectivity index (χ1n) is 13.0. The Labute approximate surface area is 214 Å². The van der Waals surface area contributed by atoms with Crippen molar-refractivity contribution in [2.24, 2.45) is 0 Å². The van der Waals surface area contributed by atoms with Crippen LogP contribution in [0.1, 0.15) is 18.4 Å². The summed E-state index contributed by atoms with van der Waals surface area (Å²) >= 11 is 0. The van der Waals surface area contributed by atoms with Gasteiger partial charge in [-0.25, -0.2) is 0 Å². The molecule has 174 valence electrons. The molecule has 0 aliphatic heterocycles. The molecule has 1 nitrogen and oxygen atoms in total. The molecule has 37 heavy (non-hydrogen) atoms. The van der Waals surface area contributed by atoms with Gasteiger partial charge in [0.05, 0.1) is 0 Å². The van der Waals surface area contributed by atoms with Crippen LogP contribution in [0.25, 0.3) is 71.0 Å². The molecule has 0 N–H and O–H groups in total. The van der Waals surface area contributed by atoms with Gasteiger partial charge in [-0.15, -0.1) is 0 Å². The monoisotopic (exact) mass is 472 g/mol. The predicted molar refractivity (Wildman–Crippen MR) is 158 cm³/mol. The molecule has 0 radical (unpaired) electrons. The molecule has 1 aliphatic rings. The van der Waals surface area contributed by atoms with Crippen LogP contribution in [0.15, 0.2) is 126 Å². The smallest absolute Gasteiger partial charge is 0.143 e. The summed E-state index contributed by atoms with van der Waals surface area (Å²) in [5.41, 5.74) is 7.04. The maximum atomic E-state index is 6.55. The van der Waals surface area contributed by atoms with Crippen LogP contribution in [-0.2, 0) is 0 Å². The Morgan fingerprint density at radius 1 is 0.514 bits per heavy atom. The molecule has 0 atom stereocenters. The van der Waals surface area contributed by atoms with Crippen LogP contribution < -0.4 is 0 Å². The fourth-order valence-electron chi connectivity index (χ4n) is 6.29. The number of allylic oxidation sites excluding steroid dienone is 4. The van der Waals surface area contributed by atoms with Crippen LogP contribution in [0, 0.1) is 0 Å². The minimum Gasteiger partial charge on any atom is -0.455 e. The fraction of sp³-hybridized carbons (Fsp3) is 0.0556. The maximum absolute atomic E-state index is 6.55. The van der Waals surface area contributed by atoms with E-state index in [4.69, 9.17) is 4.42 Å². The van der Waals surface area contributed by atoms with Crippen molar-refractivity contribution in [2.75, 3.05) is 0 Å². The summed E-state index contributed by atoms with van der Waals surface area (Å²) < 4.78 is 6.55. The summed E-state index contributed by atoms with van der Waals surface area (Å²) in [6.45, 7) is 0. The largest absolute Gasteiger partial charge is 0.455 e. The van der Waals surface area contributed by atoms with Gasteiger partial charge in [0.15, 0.2) is 0 Å². The number of hydrogen-bond acceptors (Lipinski definition) is 1. The Bertz CT molecular complexity index is 2030. The molecule has 0 amide bonds. The first-order valence-corrected chi connectivity index (χ1v) is 13.0. The predicted octanol–water partition coefficient (Wildman–Crippen LogP) is 10.4. The van der Waals surface area contributed by atoms with E-state index in [1.54, 1.807) is 0 Å². The average molecular weight is 473 g/mol. The van der Waals surface area contributed by atoms with Crippen molar-refractivity contribution in [3.8, 4) is 11.1 Å². The molecular formula is C36H24O. The summed E-state index contributed by atoms with van der Waals surface area (Å²) in [5.74, 6) is 0. The van der Waals surface area contributed by atoms with E-state index in [2.05, 4.69) is 121 Å². The summed E-state index contributed by atoms with van der Waals surface area (Å²) in [6, 6.07) is 37.2. The lowest BCUT2D eigenvalue weighted by atomic mass is 9.84. The second-order valence-electron chi connectivity index (χ2n) is 9.92. The van der Waals surface area contributed by atoms with Gasteiger partial charge in [0.1, 0.15) is 11.2 Å². The lowest BCUT2D eigenvalue weighted by Gasteiger charge is -2.19. The molecule has 1 heterocycles. The highest BCUT2D eigenvalue weighted by Crippen LogP contribution is 2.46. The maximum Gasteiger partial charge on any atom is 0.143 e. The van der Waals surface area contributed by atoms with Crippen LogP contribution >= 0.6 is 0 Å². The molecular weight excluding hydrogens is 448 g/mol. The minimum absolute atomic E-state index is 0.930. The molecule has 0 bridgehead atoms. The van der Waals surface area contributed by atoms with Gasteiger partial charge in [-0.3, -0.25) is 0 Å². The number of rotatable bonds is 2. The summed E-state index contributed by atoms with van der Waals surface area (Å²) in [5, 5.41) is 9.85. The highest BCUT2D eigenvalue weighted by atomic mass is 16.3. The van der Waals surface area contributed by atoms with E-state index >= 15 is 0 Å². The zero-order valence-corrected chi connectivity index (χ0v) is 20.4. The summed E-state index contributed by atoms with van der Waals surface area (Å²) in [6.07, 6.45) is 9.19. The van der Waals surface area contributed by atoms with E-state index in [9.17, 15) is 0 Å². The topological polar surface area (TPSA) is 13.1 Å². The van der Waals surface area contributed by atoms with Crippen LogP contribution in [-0.4, -0.2) is 0 Å². The molecule has 7 aromatic rings. The van der Waals surface area contributed by atoms with Crippen LogP contribution in [0.4, 0.5) is 0 Å². The van der Waals surface area contributed by atoms with Crippen LogP contribution in [0.3, 0.4) is 0 Å². The van der Waals surface area contributed by atoms with Gasteiger partial charge in [-0.2, -0.15) is 0 Å². The van der Waals surface area contributed by atoms with Crippen molar-refractivity contribution >= 4 is 59.8 Å². The Balaban J connectivity index is 1.55. The average Bonchev–Trinajstić information content (AvgIpc) is 3.36. The quantitative estimate of drug-likeness (QED) is 0.228. The summed E-state index contributed by atoms with van der Waals surface area (Å²) in [7, 11) is 0. The number of benzene rings is 6. The zero-order chi connectivity index (χ0) is 24.3. The Morgan fingerprint density at radius 2 is 1.19 bits per heavy atom. The van der Waals surface area contributed by atoms with Crippen molar-refractivity contribution in [3.05, 3.63) is 127 Å². The normalized spacial score (nSPS) is 13.8. The van der Waals surface area contributed by atoms with Crippen molar-refractivity contribution in [1.29, 1.82) is 0 Å². The lowest BCUT2D eigenvalue weighted by Crippen LogP contribution is -1.94. The third kappa shape index (κ3) is 2.98. The second-order valence-corrected chi connectivity index (χ2v) is 9.92. The molecule has 0 unspecified atom stereocenters. The highest BCUT2D eigenvalue weighted by molar-refractivity contribution is 6.26. The molecule has 8 rings (SSSR count). The van der Waals surface area contributed by atoms with Crippen molar-refractivity contribution < 1.29 is 4.42 Å². The molecule has 0 fully saturated rings. The molecule has 0 saturated heterocycles. The van der Waals surface area contributed by atoms with Gasteiger partial charge in [-0.05, 0) is 74.2 Å². The second kappa shape index (κ2) is 7.94. The van der Waals surface area contributed by atoms with Crippen LogP contribution in [0.5, 0.6) is 0 Å². The van der Waals surface area contributed by atoms with E-state index in [1.807, 2.05) is 0 Å². The molecule has 6 aromatic carbocycles. The Morgan fingerprint density at radius 3 is 1.89 bits per heavy atom. The standard InChI is InChI=1S/C36H24O/c1-2-12-24(13-3-1)33-26-15-6-8-17-28(26)34(29-18-9-7-16-27(29)33)30-19-10-20-32-35(30)31-22-21-23-11-4-5-14-25(23)36(31)37-32/h2,4-22H,1,3H2. The van der Waals surface area contributed by atoms with E-state index in [0.717, 1.165) is 29.4 Å². The minimum atomic E-state index is 0.930.